The second-order valence-corrected chi connectivity index (χ2v) is 7.01. The molecule has 1 atom stereocenters. The summed E-state index contributed by atoms with van der Waals surface area (Å²) in [5.74, 6) is -0.00742. The van der Waals surface area contributed by atoms with E-state index in [0.717, 1.165) is 16.8 Å². The highest BCUT2D eigenvalue weighted by Gasteiger charge is 2.36. The maximum atomic E-state index is 13.0. The van der Waals surface area contributed by atoms with Crippen LogP contribution in [-0.2, 0) is 6.54 Å². The van der Waals surface area contributed by atoms with Gasteiger partial charge in [0.1, 0.15) is 6.17 Å². The molecule has 0 unspecified atom stereocenters. The average Bonchev–Trinajstić information content (AvgIpc) is 2.91. The Morgan fingerprint density at radius 2 is 1.58 bits per heavy atom. The number of amides is 1. The lowest BCUT2D eigenvalue weighted by molar-refractivity contribution is 0.0729. The summed E-state index contributed by atoms with van der Waals surface area (Å²) in [4.78, 5) is 14.8. The molecule has 1 N–H and O–H groups in total. The van der Waals surface area contributed by atoms with Gasteiger partial charge < -0.3 is 10.2 Å². The van der Waals surface area contributed by atoms with Gasteiger partial charge in [0, 0.05) is 33.4 Å². The summed E-state index contributed by atoms with van der Waals surface area (Å²) in [6, 6.07) is 22.7. The Balaban J connectivity index is 1.70. The zero-order chi connectivity index (χ0) is 18.1. The van der Waals surface area contributed by atoms with E-state index in [1.54, 1.807) is 4.90 Å². The number of nitrogens with zero attached hydrogens (tertiary/aromatic N) is 1. The Kier molecular flexibility index (Phi) is 4.58. The first-order chi connectivity index (χ1) is 12.6. The first kappa shape index (κ1) is 17.0. The van der Waals surface area contributed by atoms with E-state index in [4.69, 9.17) is 23.2 Å². The standard InChI is InChI=1S/C21H16Cl2N2O/c22-15-9-11-16(12-10-15)24-20-17-6-2-3-7-18(17)21(26)25(20)13-14-5-1-4-8-19(14)23/h1-12,20,24H,13H2/t20-/m0/s1. The maximum absolute atomic E-state index is 13.0. The molecule has 0 aliphatic carbocycles. The van der Waals surface area contributed by atoms with Crippen LogP contribution in [0.1, 0.15) is 27.7 Å². The van der Waals surface area contributed by atoms with Crippen molar-refractivity contribution in [3.63, 3.8) is 0 Å². The number of rotatable bonds is 4. The molecule has 0 fully saturated rings. The van der Waals surface area contributed by atoms with Gasteiger partial charge in [-0.2, -0.15) is 0 Å². The number of fused-ring (bicyclic) bond motifs is 1. The Labute approximate surface area is 162 Å². The summed E-state index contributed by atoms with van der Waals surface area (Å²) < 4.78 is 0. The van der Waals surface area contributed by atoms with Gasteiger partial charge in [0.2, 0.25) is 0 Å². The van der Waals surface area contributed by atoms with E-state index < -0.39 is 0 Å². The summed E-state index contributed by atoms with van der Waals surface area (Å²) in [6.07, 6.45) is -0.267. The zero-order valence-electron chi connectivity index (χ0n) is 13.8. The minimum absolute atomic E-state index is 0.00742. The molecule has 0 radical (unpaired) electrons. The van der Waals surface area contributed by atoms with Crippen LogP contribution in [0.4, 0.5) is 5.69 Å². The van der Waals surface area contributed by atoms with Gasteiger partial charge in [0.15, 0.2) is 0 Å². The maximum Gasteiger partial charge on any atom is 0.256 e. The van der Waals surface area contributed by atoms with Crippen molar-refractivity contribution in [2.45, 2.75) is 12.7 Å². The summed E-state index contributed by atoms with van der Waals surface area (Å²) in [6.45, 7) is 0.429. The number of benzene rings is 3. The molecule has 0 saturated heterocycles. The van der Waals surface area contributed by atoms with Crippen molar-refractivity contribution in [2.75, 3.05) is 5.32 Å². The van der Waals surface area contributed by atoms with Gasteiger partial charge in [-0.05, 0) is 42.0 Å². The normalized spacial score (nSPS) is 15.8. The topological polar surface area (TPSA) is 32.3 Å². The molecular weight excluding hydrogens is 367 g/mol. The van der Waals surface area contributed by atoms with Crippen molar-refractivity contribution in [2.24, 2.45) is 0 Å². The molecule has 0 spiro atoms. The van der Waals surface area contributed by atoms with Crippen LogP contribution in [0.5, 0.6) is 0 Å². The number of carbonyl (C=O) groups is 1. The second-order valence-electron chi connectivity index (χ2n) is 6.17. The molecule has 0 saturated carbocycles. The Morgan fingerprint density at radius 3 is 2.35 bits per heavy atom. The largest absolute Gasteiger partial charge is 0.361 e. The van der Waals surface area contributed by atoms with E-state index in [-0.39, 0.29) is 12.1 Å². The van der Waals surface area contributed by atoms with E-state index in [1.807, 2.05) is 72.8 Å². The SMILES string of the molecule is O=C1c2ccccc2[C@@H](Nc2ccc(Cl)cc2)N1Cc1ccccc1Cl. The highest BCUT2D eigenvalue weighted by Crippen LogP contribution is 2.36. The van der Waals surface area contributed by atoms with Gasteiger partial charge in [-0.3, -0.25) is 4.79 Å². The minimum atomic E-state index is -0.267. The lowest BCUT2D eigenvalue weighted by atomic mass is 10.1. The molecule has 1 aliphatic rings. The van der Waals surface area contributed by atoms with E-state index >= 15 is 0 Å². The minimum Gasteiger partial charge on any atom is -0.361 e. The number of halogens is 2. The molecule has 3 aromatic rings. The van der Waals surface area contributed by atoms with E-state index in [0.29, 0.717) is 22.2 Å². The lowest BCUT2D eigenvalue weighted by Gasteiger charge is -2.27. The van der Waals surface area contributed by atoms with Crippen LogP contribution in [0, 0.1) is 0 Å². The van der Waals surface area contributed by atoms with Crippen molar-refractivity contribution >= 4 is 34.8 Å². The molecule has 3 aromatic carbocycles. The van der Waals surface area contributed by atoms with Crippen LogP contribution in [-0.4, -0.2) is 10.8 Å². The third-order valence-corrected chi connectivity index (χ3v) is 5.13. The molecule has 3 nitrogen and oxygen atoms in total. The van der Waals surface area contributed by atoms with Gasteiger partial charge in [0.25, 0.3) is 5.91 Å². The molecule has 1 amide bonds. The first-order valence-corrected chi connectivity index (χ1v) is 9.04. The fraction of sp³-hybridized carbons (Fsp3) is 0.0952. The summed E-state index contributed by atoms with van der Waals surface area (Å²) in [7, 11) is 0. The van der Waals surface area contributed by atoms with E-state index in [9.17, 15) is 4.79 Å². The third-order valence-electron chi connectivity index (χ3n) is 4.50. The highest BCUT2D eigenvalue weighted by atomic mass is 35.5. The fourth-order valence-corrected chi connectivity index (χ4v) is 3.52. The predicted molar refractivity (Wildman–Crippen MR) is 106 cm³/mol. The summed E-state index contributed by atoms with van der Waals surface area (Å²) in [5, 5.41) is 4.77. The monoisotopic (exact) mass is 382 g/mol. The van der Waals surface area contributed by atoms with Crippen molar-refractivity contribution in [1.82, 2.24) is 4.90 Å². The summed E-state index contributed by atoms with van der Waals surface area (Å²) in [5.41, 5.74) is 3.48. The Bertz CT molecular complexity index is 956. The average molecular weight is 383 g/mol. The molecular formula is C21H16Cl2N2O. The quantitative estimate of drug-likeness (QED) is 0.621. The van der Waals surface area contributed by atoms with Crippen molar-refractivity contribution in [3.05, 3.63) is 99.5 Å². The molecule has 0 aromatic heterocycles. The Morgan fingerprint density at radius 1 is 0.885 bits per heavy atom. The van der Waals surface area contributed by atoms with Crippen LogP contribution in [0.25, 0.3) is 0 Å². The highest BCUT2D eigenvalue weighted by molar-refractivity contribution is 6.31. The smallest absolute Gasteiger partial charge is 0.256 e. The van der Waals surface area contributed by atoms with Crippen molar-refractivity contribution in [3.8, 4) is 0 Å². The first-order valence-electron chi connectivity index (χ1n) is 8.29. The van der Waals surface area contributed by atoms with Crippen LogP contribution >= 0.6 is 23.2 Å². The Hall–Kier alpha value is -2.49. The molecule has 26 heavy (non-hydrogen) atoms. The second kappa shape index (κ2) is 7.02. The van der Waals surface area contributed by atoms with E-state index in [1.165, 1.54) is 0 Å². The molecule has 1 aliphatic heterocycles. The number of nitrogens with one attached hydrogen (secondary N) is 1. The molecule has 4 rings (SSSR count). The van der Waals surface area contributed by atoms with Gasteiger partial charge in [-0.25, -0.2) is 0 Å². The van der Waals surface area contributed by atoms with Crippen LogP contribution < -0.4 is 5.32 Å². The van der Waals surface area contributed by atoms with Crippen LogP contribution in [0.2, 0.25) is 10.0 Å². The van der Waals surface area contributed by atoms with Crippen molar-refractivity contribution < 1.29 is 4.79 Å². The van der Waals surface area contributed by atoms with E-state index in [2.05, 4.69) is 5.32 Å². The zero-order valence-corrected chi connectivity index (χ0v) is 15.3. The predicted octanol–water partition coefficient (Wildman–Crippen LogP) is 5.76. The van der Waals surface area contributed by atoms with Gasteiger partial charge >= 0.3 is 0 Å². The third kappa shape index (κ3) is 3.16. The number of anilines is 1. The van der Waals surface area contributed by atoms with Gasteiger partial charge in [0.05, 0.1) is 0 Å². The van der Waals surface area contributed by atoms with Crippen LogP contribution in [0.15, 0.2) is 72.8 Å². The van der Waals surface area contributed by atoms with Gasteiger partial charge in [-0.1, -0.05) is 59.6 Å². The van der Waals surface area contributed by atoms with Gasteiger partial charge in [-0.15, -0.1) is 0 Å². The molecule has 1 heterocycles. The number of hydrogen-bond acceptors (Lipinski definition) is 2. The molecule has 5 heteroatoms. The number of carbonyl (C=O) groups excluding carboxylic acids is 1. The molecule has 130 valence electrons. The fourth-order valence-electron chi connectivity index (χ4n) is 3.20. The van der Waals surface area contributed by atoms with Crippen molar-refractivity contribution in [1.29, 1.82) is 0 Å². The van der Waals surface area contributed by atoms with Crippen LogP contribution in [0.3, 0.4) is 0 Å². The number of hydrogen-bond donors (Lipinski definition) is 1. The lowest BCUT2D eigenvalue weighted by Crippen LogP contribution is -2.32. The summed E-state index contributed by atoms with van der Waals surface area (Å²) >= 11 is 12.3. The molecule has 0 bridgehead atoms.